The molecule has 2 aromatic rings. The van der Waals surface area contributed by atoms with Crippen molar-refractivity contribution in [1.82, 2.24) is 10.2 Å². The van der Waals surface area contributed by atoms with Crippen molar-refractivity contribution in [2.75, 3.05) is 31.1 Å². The van der Waals surface area contributed by atoms with Gasteiger partial charge < -0.3 is 14.6 Å². The van der Waals surface area contributed by atoms with E-state index in [1.165, 1.54) is 6.07 Å². The zero-order valence-corrected chi connectivity index (χ0v) is 17.3. The minimum absolute atomic E-state index is 0.00414. The van der Waals surface area contributed by atoms with Gasteiger partial charge in [0.1, 0.15) is 5.76 Å². The van der Waals surface area contributed by atoms with Crippen molar-refractivity contribution in [1.29, 1.82) is 0 Å². The molecule has 9 heteroatoms. The molecule has 0 aliphatic carbocycles. The summed E-state index contributed by atoms with van der Waals surface area (Å²) in [6.45, 7) is 2.67. The third kappa shape index (κ3) is 4.93. The molecule has 2 amide bonds. The van der Waals surface area contributed by atoms with E-state index in [0.717, 1.165) is 29.9 Å². The molecule has 0 spiro atoms. The first-order chi connectivity index (χ1) is 15.0. The summed E-state index contributed by atoms with van der Waals surface area (Å²) in [6, 6.07) is 8.32. The molecule has 1 fully saturated rings. The number of carbonyl (C=O) groups is 2. The summed E-state index contributed by atoms with van der Waals surface area (Å²) in [6.07, 6.45) is 4.52. The Labute approximate surface area is 180 Å². The van der Waals surface area contributed by atoms with Crippen molar-refractivity contribution < 1.29 is 18.9 Å². The molecule has 4 rings (SSSR count). The highest BCUT2D eigenvalue weighted by atomic mass is 16.6. The van der Waals surface area contributed by atoms with Gasteiger partial charge in [-0.3, -0.25) is 24.6 Å². The lowest BCUT2D eigenvalue weighted by Crippen LogP contribution is -2.46. The number of hydrogen-bond acceptors (Lipinski definition) is 6. The largest absolute Gasteiger partial charge is 0.467 e. The lowest BCUT2D eigenvalue weighted by molar-refractivity contribution is -0.384. The fraction of sp³-hybridized carbons (Fsp3) is 0.455. The standard InChI is InChI=1S/C22H26N4O5/c27-21(25-9-1-3-17-13-18(26(29)30)5-6-20(17)25)15-24-10-7-16(8-11-24)22(28)23-14-19-4-2-12-31-19/h2,4-6,12-13,16H,1,3,7-11,14-15H2,(H,23,28). The second-order valence-corrected chi connectivity index (χ2v) is 8.07. The Hall–Kier alpha value is -3.20. The molecule has 0 atom stereocenters. The van der Waals surface area contributed by atoms with Crippen molar-refractivity contribution in [2.45, 2.75) is 32.2 Å². The summed E-state index contributed by atoms with van der Waals surface area (Å²) in [7, 11) is 0. The van der Waals surface area contributed by atoms with Crippen LogP contribution in [0.3, 0.4) is 0 Å². The summed E-state index contributed by atoms with van der Waals surface area (Å²) in [5.41, 5.74) is 1.68. The summed E-state index contributed by atoms with van der Waals surface area (Å²) in [4.78, 5) is 39.8. The molecule has 0 unspecified atom stereocenters. The lowest BCUT2D eigenvalue weighted by atomic mass is 9.95. The number of rotatable bonds is 6. The molecule has 2 aliphatic heterocycles. The molecule has 1 aromatic carbocycles. The smallest absolute Gasteiger partial charge is 0.269 e. The Morgan fingerprint density at radius 3 is 2.71 bits per heavy atom. The number of aryl methyl sites for hydroxylation is 1. The molecular formula is C22H26N4O5. The molecule has 164 valence electrons. The summed E-state index contributed by atoms with van der Waals surface area (Å²) < 4.78 is 5.23. The fourth-order valence-corrected chi connectivity index (χ4v) is 4.32. The number of nitrogens with zero attached hydrogens (tertiary/aromatic N) is 3. The number of benzene rings is 1. The van der Waals surface area contributed by atoms with Crippen LogP contribution < -0.4 is 10.2 Å². The van der Waals surface area contributed by atoms with Gasteiger partial charge >= 0.3 is 0 Å². The number of piperidine rings is 1. The van der Waals surface area contributed by atoms with E-state index in [1.54, 1.807) is 29.4 Å². The molecule has 9 nitrogen and oxygen atoms in total. The Bertz CT molecular complexity index is 951. The van der Waals surface area contributed by atoms with Crippen LogP contribution in [0.4, 0.5) is 11.4 Å². The van der Waals surface area contributed by atoms with Gasteiger partial charge in [0.2, 0.25) is 11.8 Å². The zero-order chi connectivity index (χ0) is 21.8. The number of furan rings is 1. The van der Waals surface area contributed by atoms with Gasteiger partial charge in [0, 0.05) is 30.3 Å². The van der Waals surface area contributed by atoms with Gasteiger partial charge in [0.15, 0.2) is 0 Å². The maximum atomic E-state index is 13.0. The number of nitrogens with one attached hydrogen (secondary N) is 1. The summed E-state index contributed by atoms with van der Waals surface area (Å²) in [5.74, 6) is 0.686. The van der Waals surface area contributed by atoms with Crippen LogP contribution in [0.1, 0.15) is 30.6 Å². The van der Waals surface area contributed by atoms with E-state index in [-0.39, 0.29) is 30.0 Å². The summed E-state index contributed by atoms with van der Waals surface area (Å²) >= 11 is 0. The van der Waals surface area contributed by atoms with Crippen LogP contribution in [-0.2, 0) is 22.6 Å². The topological polar surface area (TPSA) is 109 Å². The second-order valence-electron chi connectivity index (χ2n) is 8.07. The molecule has 3 heterocycles. The van der Waals surface area contributed by atoms with Gasteiger partial charge in [-0.15, -0.1) is 0 Å². The molecule has 0 radical (unpaired) electrons. The third-order valence-electron chi connectivity index (χ3n) is 6.03. The van der Waals surface area contributed by atoms with Crippen molar-refractivity contribution in [2.24, 2.45) is 5.92 Å². The third-order valence-corrected chi connectivity index (χ3v) is 6.03. The zero-order valence-electron chi connectivity index (χ0n) is 17.3. The number of anilines is 1. The first-order valence-electron chi connectivity index (χ1n) is 10.6. The van der Waals surface area contributed by atoms with Crippen molar-refractivity contribution in [3.05, 3.63) is 58.0 Å². The minimum atomic E-state index is -0.407. The Morgan fingerprint density at radius 2 is 2.00 bits per heavy atom. The van der Waals surface area contributed by atoms with Gasteiger partial charge in [0.25, 0.3) is 5.69 Å². The molecule has 31 heavy (non-hydrogen) atoms. The number of amides is 2. The van der Waals surface area contributed by atoms with Gasteiger partial charge in [-0.2, -0.15) is 0 Å². The van der Waals surface area contributed by atoms with Crippen molar-refractivity contribution in [3.63, 3.8) is 0 Å². The van der Waals surface area contributed by atoms with Gasteiger partial charge in [-0.05, 0) is 62.5 Å². The normalized spacial score (nSPS) is 17.2. The van der Waals surface area contributed by atoms with Crippen LogP contribution in [0.2, 0.25) is 0 Å². The number of carbonyl (C=O) groups excluding carboxylic acids is 2. The van der Waals surface area contributed by atoms with Gasteiger partial charge in [-0.1, -0.05) is 0 Å². The maximum Gasteiger partial charge on any atom is 0.269 e. The average Bonchev–Trinajstić information content (AvgIpc) is 3.30. The average molecular weight is 426 g/mol. The van der Waals surface area contributed by atoms with E-state index in [9.17, 15) is 19.7 Å². The van der Waals surface area contributed by atoms with Gasteiger partial charge in [-0.25, -0.2) is 0 Å². The second kappa shape index (κ2) is 9.30. The van der Waals surface area contributed by atoms with Crippen LogP contribution in [-0.4, -0.2) is 47.8 Å². The number of fused-ring (bicyclic) bond motifs is 1. The predicted octanol–water partition coefficient (Wildman–Crippen LogP) is 2.50. The number of hydrogen-bond donors (Lipinski definition) is 1. The number of non-ortho nitro benzene ring substituents is 1. The molecule has 1 saturated heterocycles. The Balaban J connectivity index is 1.29. The Morgan fingerprint density at radius 1 is 1.19 bits per heavy atom. The highest BCUT2D eigenvalue weighted by Gasteiger charge is 2.29. The van der Waals surface area contributed by atoms with E-state index in [2.05, 4.69) is 10.2 Å². The maximum absolute atomic E-state index is 13.0. The molecule has 2 aliphatic rings. The first kappa shape index (κ1) is 21.0. The monoisotopic (exact) mass is 426 g/mol. The van der Waals surface area contributed by atoms with E-state index in [4.69, 9.17) is 4.42 Å². The quantitative estimate of drug-likeness (QED) is 0.562. The summed E-state index contributed by atoms with van der Waals surface area (Å²) in [5, 5.41) is 13.9. The lowest BCUT2D eigenvalue weighted by Gasteiger charge is -2.34. The molecule has 0 bridgehead atoms. The predicted molar refractivity (Wildman–Crippen MR) is 113 cm³/mol. The number of likely N-dealkylation sites (tertiary alicyclic amines) is 1. The Kier molecular flexibility index (Phi) is 6.31. The van der Waals surface area contributed by atoms with Crippen LogP contribution in [0.15, 0.2) is 41.0 Å². The first-order valence-corrected chi connectivity index (χ1v) is 10.6. The highest BCUT2D eigenvalue weighted by Crippen LogP contribution is 2.30. The molecule has 1 aromatic heterocycles. The van der Waals surface area contributed by atoms with Crippen LogP contribution >= 0.6 is 0 Å². The van der Waals surface area contributed by atoms with Crippen molar-refractivity contribution >= 4 is 23.2 Å². The highest BCUT2D eigenvalue weighted by molar-refractivity contribution is 5.96. The van der Waals surface area contributed by atoms with Crippen molar-refractivity contribution in [3.8, 4) is 0 Å². The van der Waals surface area contributed by atoms with Crippen LogP contribution in [0.25, 0.3) is 0 Å². The molecule has 1 N–H and O–H groups in total. The minimum Gasteiger partial charge on any atom is -0.467 e. The van der Waals surface area contributed by atoms with E-state index < -0.39 is 4.92 Å². The van der Waals surface area contributed by atoms with E-state index >= 15 is 0 Å². The molecular weight excluding hydrogens is 400 g/mol. The van der Waals surface area contributed by atoms with Crippen LogP contribution in [0.5, 0.6) is 0 Å². The van der Waals surface area contributed by atoms with Crippen LogP contribution in [0, 0.1) is 16.0 Å². The number of nitro benzene ring substituents is 1. The SMILES string of the molecule is O=C(NCc1ccco1)C1CCN(CC(=O)N2CCCc3cc([N+](=O)[O-])ccc32)CC1. The number of nitro groups is 1. The van der Waals surface area contributed by atoms with Gasteiger partial charge in [0.05, 0.1) is 24.3 Å². The fourth-order valence-electron chi connectivity index (χ4n) is 4.32. The van der Waals surface area contributed by atoms with E-state index in [1.807, 2.05) is 6.07 Å². The van der Waals surface area contributed by atoms with E-state index in [0.29, 0.717) is 39.0 Å². The molecule has 0 saturated carbocycles.